The highest BCUT2D eigenvalue weighted by Gasteiger charge is 2.22. The number of rotatable bonds is 7. The lowest BCUT2D eigenvalue weighted by atomic mass is 9.98. The van der Waals surface area contributed by atoms with Crippen molar-refractivity contribution in [2.75, 3.05) is 4.90 Å². The molecule has 0 saturated carbocycles. The molecule has 0 aliphatic carbocycles. The molecule has 0 N–H and O–H groups in total. The molecule has 12 rings (SSSR count). The van der Waals surface area contributed by atoms with E-state index in [0.29, 0.717) is 11.5 Å². The minimum absolute atomic E-state index is 0.583. The standard InChI is InChI=1S/C55H34N2O2S/c1-3-14-35(15-4-1)36-28-30-40(31-29-36)57(41-20-11-18-38(32-41)43-24-13-27-50-51(43)45-23-8-10-26-49(45)60-50)42-21-12-19-39(33-42)46-34-48-53(56-55(59-48)37-16-5-2-6-17-37)52-44-22-7-9-25-47(44)58-54(46)52/h1-34H. The Labute approximate surface area is 349 Å². The van der Waals surface area contributed by atoms with Gasteiger partial charge in [0.2, 0.25) is 5.89 Å². The van der Waals surface area contributed by atoms with E-state index in [1.54, 1.807) is 0 Å². The quantitative estimate of drug-likeness (QED) is 0.161. The smallest absolute Gasteiger partial charge is 0.227 e. The molecule has 9 aromatic carbocycles. The minimum atomic E-state index is 0.583. The number of hydrogen-bond acceptors (Lipinski definition) is 5. The van der Waals surface area contributed by atoms with Crippen LogP contribution in [-0.2, 0) is 0 Å². The van der Waals surface area contributed by atoms with Gasteiger partial charge >= 0.3 is 0 Å². The third-order valence-electron chi connectivity index (χ3n) is 11.5. The van der Waals surface area contributed by atoms with Crippen LogP contribution >= 0.6 is 11.3 Å². The Morgan fingerprint density at radius 1 is 0.383 bits per heavy atom. The molecular formula is C55H34N2O2S. The van der Waals surface area contributed by atoms with Gasteiger partial charge in [0.25, 0.3) is 0 Å². The van der Waals surface area contributed by atoms with E-state index in [1.165, 1.54) is 36.9 Å². The van der Waals surface area contributed by atoms with E-state index in [0.717, 1.165) is 66.8 Å². The maximum Gasteiger partial charge on any atom is 0.227 e. The Balaban J connectivity index is 1.05. The number of thiophene rings is 1. The number of aromatic nitrogens is 1. The van der Waals surface area contributed by atoms with Crippen molar-refractivity contribution in [3.63, 3.8) is 0 Å². The highest BCUT2D eigenvalue weighted by Crippen LogP contribution is 2.45. The van der Waals surface area contributed by atoms with Gasteiger partial charge in [0.1, 0.15) is 16.7 Å². The fourth-order valence-electron chi connectivity index (χ4n) is 8.72. The number of nitrogens with zero attached hydrogens (tertiary/aromatic N) is 2. The van der Waals surface area contributed by atoms with Crippen molar-refractivity contribution in [3.05, 3.63) is 206 Å². The van der Waals surface area contributed by atoms with Crippen molar-refractivity contribution in [1.29, 1.82) is 0 Å². The summed E-state index contributed by atoms with van der Waals surface area (Å²) >= 11 is 1.85. The number of anilines is 3. The van der Waals surface area contributed by atoms with Crippen molar-refractivity contribution in [2.45, 2.75) is 0 Å². The normalized spacial score (nSPS) is 11.7. The van der Waals surface area contributed by atoms with Crippen LogP contribution < -0.4 is 4.90 Å². The summed E-state index contributed by atoms with van der Waals surface area (Å²) in [5, 5.41) is 4.54. The SMILES string of the molecule is c1ccc(-c2ccc(N(c3cccc(-c4cc5oc(-c6ccccc6)nc5c5c4oc4ccccc45)c3)c3cccc(-c4cccc5sc6ccccc6c45)c3)cc2)cc1. The molecule has 0 saturated heterocycles. The highest BCUT2D eigenvalue weighted by molar-refractivity contribution is 7.25. The molecule has 0 fully saturated rings. The number of benzene rings is 9. The number of oxazole rings is 1. The summed E-state index contributed by atoms with van der Waals surface area (Å²) in [5.74, 6) is 0.583. The molecule has 0 aliphatic heterocycles. The first-order valence-corrected chi connectivity index (χ1v) is 20.9. The fraction of sp³-hybridized carbons (Fsp3) is 0. The number of furan rings is 1. The average molecular weight is 787 g/mol. The summed E-state index contributed by atoms with van der Waals surface area (Å²) in [6.07, 6.45) is 0. The summed E-state index contributed by atoms with van der Waals surface area (Å²) in [4.78, 5) is 7.40. The topological polar surface area (TPSA) is 42.4 Å². The average Bonchev–Trinajstić information content (AvgIpc) is 4.04. The predicted octanol–water partition coefficient (Wildman–Crippen LogP) is 16.2. The zero-order valence-electron chi connectivity index (χ0n) is 32.2. The van der Waals surface area contributed by atoms with Gasteiger partial charge in [-0.3, -0.25) is 0 Å². The second-order valence-corrected chi connectivity index (χ2v) is 16.2. The molecule has 0 bridgehead atoms. The van der Waals surface area contributed by atoms with Gasteiger partial charge in [0.05, 0.1) is 5.39 Å². The van der Waals surface area contributed by atoms with E-state index in [2.05, 4.69) is 163 Å². The lowest BCUT2D eigenvalue weighted by molar-refractivity contribution is 0.619. The Kier molecular flexibility index (Phi) is 8.00. The summed E-state index contributed by atoms with van der Waals surface area (Å²) in [5.41, 5.74) is 13.8. The highest BCUT2D eigenvalue weighted by atomic mass is 32.1. The molecule has 0 atom stereocenters. The molecular weight excluding hydrogens is 753 g/mol. The summed E-state index contributed by atoms with van der Waals surface area (Å²) in [6, 6.07) is 72.8. The van der Waals surface area contributed by atoms with E-state index in [-0.39, 0.29) is 0 Å². The molecule has 3 aromatic heterocycles. The van der Waals surface area contributed by atoms with Crippen LogP contribution in [0.4, 0.5) is 17.1 Å². The molecule has 0 amide bonds. The molecule has 282 valence electrons. The second-order valence-electron chi connectivity index (χ2n) is 15.1. The van der Waals surface area contributed by atoms with E-state index < -0.39 is 0 Å². The van der Waals surface area contributed by atoms with Gasteiger partial charge in [-0.25, -0.2) is 4.98 Å². The predicted molar refractivity (Wildman–Crippen MR) is 251 cm³/mol. The first kappa shape index (κ1) is 34.3. The minimum Gasteiger partial charge on any atom is -0.455 e. The van der Waals surface area contributed by atoms with Gasteiger partial charge < -0.3 is 13.7 Å². The van der Waals surface area contributed by atoms with Crippen LogP contribution in [0.15, 0.2) is 215 Å². The van der Waals surface area contributed by atoms with Crippen LogP contribution in [0.25, 0.3) is 98.0 Å². The van der Waals surface area contributed by atoms with Crippen LogP contribution in [0.2, 0.25) is 0 Å². The lowest BCUT2D eigenvalue weighted by Crippen LogP contribution is -2.10. The first-order valence-electron chi connectivity index (χ1n) is 20.1. The van der Waals surface area contributed by atoms with Crippen molar-refractivity contribution >= 4 is 81.6 Å². The van der Waals surface area contributed by atoms with Gasteiger partial charge in [-0.2, -0.15) is 0 Å². The summed E-state index contributed by atoms with van der Waals surface area (Å²) in [7, 11) is 0. The fourth-order valence-corrected chi connectivity index (χ4v) is 9.85. The van der Waals surface area contributed by atoms with Crippen LogP contribution in [0.5, 0.6) is 0 Å². The van der Waals surface area contributed by atoms with Crippen LogP contribution in [0, 0.1) is 0 Å². The largest absolute Gasteiger partial charge is 0.455 e. The first-order chi connectivity index (χ1) is 29.7. The maximum atomic E-state index is 6.72. The van der Waals surface area contributed by atoms with E-state index in [9.17, 15) is 0 Å². The van der Waals surface area contributed by atoms with Crippen molar-refractivity contribution in [3.8, 4) is 44.8 Å². The molecule has 0 spiro atoms. The van der Waals surface area contributed by atoms with Crippen molar-refractivity contribution < 1.29 is 8.83 Å². The van der Waals surface area contributed by atoms with Gasteiger partial charge in [-0.15, -0.1) is 11.3 Å². The maximum absolute atomic E-state index is 6.72. The van der Waals surface area contributed by atoms with Crippen LogP contribution in [0.3, 0.4) is 0 Å². The van der Waals surface area contributed by atoms with Crippen LogP contribution in [0.1, 0.15) is 0 Å². The lowest BCUT2D eigenvalue weighted by Gasteiger charge is -2.27. The monoisotopic (exact) mass is 786 g/mol. The second kappa shape index (κ2) is 14.0. The van der Waals surface area contributed by atoms with Gasteiger partial charge in [0.15, 0.2) is 5.58 Å². The summed E-state index contributed by atoms with van der Waals surface area (Å²) in [6.45, 7) is 0. The van der Waals surface area contributed by atoms with E-state index in [4.69, 9.17) is 13.8 Å². The van der Waals surface area contributed by atoms with E-state index >= 15 is 0 Å². The zero-order chi connectivity index (χ0) is 39.6. The Bertz CT molecular complexity index is 3550. The van der Waals surface area contributed by atoms with Gasteiger partial charge in [0, 0.05) is 53.7 Å². The van der Waals surface area contributed by atoms with Crippen molar-refractivity contribution in [2.24, 2.45) is 0 Å². The zero-order valence-corrected chi connectivity index (χ0v) is 33.1. The summed E-state index contributed by atoms with van der Waals surface area (Å²) < 4.78 is 15.9. The molecule has 60 heavy (non-hydrogen) atoms. The van der Waals surface area contributed by atoms with E-state index in [1.807, 2.05) is 59.9 Å². The molecule has 4 nitrogen and oxygen atoms in total. The number of fused-ring (bicyclic) bond motifs is 8. The Morgan fingerprint density at radius 2 is 0.983 bits per heavy atom. The van der Waals surface area contributed by atoms with Crippen LogP contribution in [-0.4, -0.2) is 4.98 Å². The molecule has 3 heterocycles. The molecule has 0 unspecified atom stereocenters. The molecule has 5 heteroatoms. The third-order valence-corrected chi connectivity index (χ3v) is 12.6. The molecule has 0 aliphatic rings. The molecule has 12 aromatic rings. The van der Waals surface area contributed by atoms with Gasteiger partial charge in [-0.1, -0.05) is 133 Å². The third kappa shape index (κ3) is 5.70. The number of hydrogen-bond donors (Lipinski definition) is 0. The molecule has 0 radical (unpaired) electrons. The van der Waals surface area contributed by atoms with Gasteiger partial charge in [-0.05, 0) is 101 Å². The van der Waals surface area contributed by atoms with Crippen molar-refractivity contribution in [1.82, 2.24) is 4.98 Å². The Morgan fingerprint density at radius 3 is 1.75 bits per heavy atom. The number of para-hydroxylation sites is 1. The Hall–Kier alpha value is -7.73.